The Balaban J connectivity index is 3.57. The summed E-state index contributed by atoms with van der Waals surface area (Å²) in [4.78, 5) is 22.2. The zero-order valence-corrected chi connectivity index (χ0v) is 16.7. The maximum absolute atomic E-state index is 11.6. The summed E-state index contributed by atoms with van der Waals surface area (Å²) >= 11 is 0. The highest BCUT2D eigenvalue weighted by molar-refractivity contribution is 7.24. The van der Waals surface area contributed by atoms with Crippen molar-refractivity contribution in [2.45, 2.75) is 96.5 Å². The normalized spacial score (nSPS) is 11.9. The molecule has 8 heteroatoms. The van der Waals surface area contributed by atoms with E-state index in [1.54, 1.807) is 0 Å². The van der Waals surface area contributed by atoms with E-state index in [1.807, 2.05) is 0 Å². The highest BCUT2D eigenvalue weighted by Gasteiger charge is 2.26. The first-order chi connectivity index (χ1) is 12.5. The molecule has 0 aliphatic rings. The van der Waals surface area contributed by atoms with Crippen molar-refractivity contribution in [3.8, 4) is 0 Å². The van der Waals surface area contributed by atoms with E-state index in [-0.39, 0.29) is 6.61 Å². The fraction of sp³-hybridized carbons (Fsp3) is 0.889. The second-order valence-electron chi connectivity index (χ2n) is 6.47. The molecule has 26 heavy (non-hydrogen) atoms. The van der Waals surface area contributed by atoms with E-state index >= 15 is 0 Å². The minimum Gasteiger partial charge on any atom is -0.481 e. The standard InChI is InChI=1S/C18H33O7P/c1-2-3-4-5-6-7-8-9-10-11-12-13-14-24-18(21)16(15-17(19)20)25-26(22)23/h16H,2-15H2,1H3,(H,19,20). The molecule has 0 amide bonds. The van der Waals surface area contributed by atoms with Crippen LogP contribution in [-0.2, 0) is 28.0 Å². The average Bonchev–Trinajstić information content (AvgIpc) is 2.57. The van der Waals surface area contributed by atoms with Gasteiger partial charge in [0.1, 0.15) is 0 Å². The van der Waals surface area contributed by atoms with Crippen LogP contribution in [0.25, 0.3) is 0 Å². The second kappa shape index (κ2) is 17.2. The van der Waals surface area contributed by atoms with Crippen LogP contribution in [0.15, 0.2) is 0 Å². The topological polar surface area (TPSA) is 107 Å². The van der Waals surface area contributed by atoms with Crippen LogP contribution in [-0.4, -0.2) is 29.8 Å². The quantitative estimate of drug-likeness (QED) is 0.194. The number of carboxylic acids is 1. The molecule has 1 N–H and O–H groups in total. The summed E-state index contributed by atoms with van der Waals surface area (Å²) in [6, 6.07) is 0. The van der Waals surface area contributed by atoms with Crippen LogP contribution in [0.4, 0.5) is 0 Å². The third kappa shape index (κ3) is 16.3. The fourth-order valence-corrected chi connectivity index (χ4v) is 3.00. The number of carboxylic acid groups (broad SMARTS) is 1. The van der Waals surface area contributed by atoms with Crippen LogP contribution >= 0.6 is 7.91 Å². The molecule has 0 aliphatic carbocycles. The van der Waals surface area contributed by atoms with Crippen LogP contribution < -0.4 is 0 Å². The first kappa shape index (κ1) is 24.8. The van der Waals surface area contributed by atoms with Crippen molar-refractivity contribution < 1.29 is 33.1 Å². The molecule has 0 bridgehead atoms. The Bertz CT molecular complexity index is 441. The Labute approximate surface area is 156 Å². The number of hydrogen-bond acceptors (Lipinski definition) is 6. The van der Waals surface area contributed by atoms with E-state index in [2.05, 4.69) is 11.4 Å². The number of aliphatic carboxylic acids is 1. The molecule has 0 aromatic carbocycles. The molecular formula is C18H33O7P. The Morgan fingerprint density at radius 1 is 0.846 bits per heavy atom. The summed E-state index contributed by atoms with van der Waals surface area (Å²) in [5.74, 6) is -2.27. The van der Waals surface area contributed by atoms with Gasteiger partial charge >= 0.3 is 19.8 Å². The van der Waals surface area contributed by atoms with Crippen LogP contribution in [0.3, 0.4) is 0 Å². The van der Waals surface area contributed by atoms with Gasteiger partial charge in [0.05, 0.1) is 13.0 Å². The van der Waals surface area contributed by atoms with Crippen LogP contribution in [0.2, 0.25) is 0 Å². The Morgan fingerprint density at radius 3 is 1.73 bits per heavy atom. The first-order valence-corrected chi connectivity index (χ1v) is 10.8. The van der Waals surface area contributed by atoms with Gasteiger partial charge in [-0.15, -0.1) is 0 Å². The van der Waals surface area contributed by atoms with Gasteiger partial charge in [-0.25, -0.2) is 13.9 Å². The van der Waals surface area contributed by atoms with Gasteiger partial charge in [0.15, 0.2) is 6.10 Å². The molecule has 0 saturated heterocycles. The molecule has 0 rings (SSSR count). The van der Waals surface area contributed by atoms with Gasteiger partial charge in [-0.2, -0.15) is 0 Å². The maximum Gasteiger partial charge on any atom is 0.468 e. The summed E-state index contributed by atoms with van der Waals surface area (Å²) in [5, 5.41) is 8.65. The third-order valence-electron chi connectivity index (χ3n) is 4.08. The molecular weight excluding hydrogens is 359 g/mol. The molecule has 1 unspecified atom stereocenters. The van der Waals surface area contributed by atoms with Gasteiger partial charge in [0, 0.05) is 0 Å². The lowest BCUT2D eigenvalue weighted by molar-refractivity contribution is -0.156. The molecule has 1 atom stereocenters. The monoisotopic (exact) mass is 392 g/mol. The molecule has 0 aromatic heterocycles. The maximum atomic E-state index is 11.6. The van der Waals surface area contributed by atoms with E-state index in [4.69, 9.17) is 9.84 Å². The molecule has 0 spiro atoms. The summed E-state index contributed by atoms with van der Waals surface area (Å²) in [6.07, 6.45) is 11.9. The molecule has 0 saturated carbocycles. The van der Waals surface area contributed by atoms with E-state index in [0.29, 0.717) is 6.42 Å². The number of hydrogen-bond donors (Lipinski definition) is 1. The van der Waals surface area contributed by atoms with E-state index in [0.717, 1.165) is 19.3 Å². The van der Waals surface area contributed by atoms with Crippen LogP contribution in [0.1, 0.15) is 90.4 Å². The van der Waals surface area contributed by atoms with Gasteiger partial charge in [-0.1, -0.05) is 77.6 Å². The number of esters is 1. The summed E-state index contributed by atoms with van der Waals surface area (Å²) in [7, 11) is -3.30. The predicted octanol–water partition coefficient (Wildman–Crippen LogP) is 5.18. The lowest BCUT2D eigenvalue weighted by atomic mass is 10.1. The highest BCUT2D eigenvalue weighted by Crippen LogP contribution is 2.15. The Morgan fingerprint density at radius 2 is 1.31 bits per heavy atom. The van der Waals surface area contributed by atoms with Gasteiger partial charge in [0.25, 0.3) is 0 Å². The molecule has 152 valence electrons. The van der Waals surface area contributed by atoms with Crippen LogP contribution in [0, 0.1) is 0 Å². The second-order valence-corrected chi connectivity index (χ2v) is 7.13. The van der Waals surface area contributed by atoms with Crippen molar-refractivity contribution in [2.75, 3.05) is 6.61 Å². The molecule has 7 nitrogen and oxygen atoms in total. The fourth-order valence-electron chi connectivity index (χ4n) is 2.63. The molecule has 0 fully saturated rings. The van der Waals surface area contributed by atoms with Gasteiger partial charge in [0.2, 0.25) is 0 Å². The molecule has 0 aliphatic heterocycles. The van der Waals surface area contributed by atoms with E-state index in [1.165, 1.54) is 51.4 Å². The summed E-state index contributed by atoms with van der Waals surface area (Å²) < 4.78 is 30.2. The Hall–Kier alpha value is -1.20. The zero-order chi connectivity index (χ0) is 19.6. The first-order valence-electron chi connectivity index (χ1n) is 9.67. The summed E-state index contributed by atoms with van der Waals surface area (Å²) in [5.41, 5.74) is 0. The SMILES string of the molecule is CCCCCCCCCCCCCCOC(=O)C(CC(=O)O)OP(=O)=O. The smallest absolute Gasteiger partial charge is 0.468 e. The van der Waals surface area contributed by atoms with Crippen molar-refractivity contribution in [1.82, 2.24) is 0 Å². The minimum atomic E-state index is -3.30. The number of rotatable bonds is 18. The van der Waals surface area contributed by atoms with Gasteiger partial charge < -0.3 is 9.84 Å². The van der Waals surface area contributed by atoms with Crippen molar-refractivity contribution in [2.24, 2.45) is 0 Å². The number of ether oxygens (including phenoxy) is 1. The molecule has 0 heterocycles. The van der Waals surface area contributed by atoms with Crippen molar-refractivity contribution in [3.05, 3.63) is 0 Å². The van der Waals surface area contributed by atoms with Crippen molar-refractivity contribution in [3.63, 3.8) is 0 Å². The van der Waals surface area contributed by atoms with E-state index < -0.39 is 32.4 Å². The predicted molar refractivity (Wildman–Crippen MR) is 97.5 cm³/mol. The van der Waals surface area contributed by atoms with Crippen LogP contribution in [0.5, 0.6) is 0 Å². The number of unbranched alkanes of at least 4 members (excludes halogenated alkanes) is 11. The average molecular weight is 392 g/mol. The largest absolute Gasteiger partial charge is 0.481 e. The molecule has 0 radical (unpaired) electrons. The number of carbonyl (C=O) groups is 2. The lowest BCUT2D eigenvalue weighted by Crippen LogP contribution is -2.27. The minimum absolute atomic E-state index is 0.144. The highest BCUT2D eigenvalue weighted by atomic mass is 31.1. The molecule has 0 aromatic rings. The zero-order valence-electron chi connectivity index (χ0n) is 15.8. The third-order valence-corrected chi connectivity index (χ3v) is 4.51. The number of carbonyl (C=O) groups excluding carboxylic acids is 1. The van der Waals surface area contributed by atoms with Gasteiger partial charge in [-0.05, 0) is 6.42 Å². The van der Waals surface area contributed by atoms with Crippen molar-refractivity contribution >= 4 is 19.8 Å². The van der Waals surface area contributed by atoms with Gasteiger partial charge in [-0.3, -0.25) is 9.32 Å². The van der Waals surface area contributed by atoms with Crippen molar-refractivity contribution in [1.29, 1.82) is 0 Å². The summed E-state index contributed by atoms with van der Waals surface area (Å²) in [6.45, 7) is 2.36. The Kier molecular flexibility index (Phi) is 16.4. The van der Waals surface area contributed by atoms with E-state index in [9.17, 15) is 18.7 Å². The lowest BCUT2D eigenvalue weighted by Gasteiger charge is -2.10.